The van der Waals surface area contributed by atoms with Crippen molar-refractivity contribution in [2.24, 2.45) is 23.2 Å². The number of rotatable bonds is 2. The van der Waals surface area contributed by atoms with Gasteiger partial charge < -0.3 is 34.3 Å². The van der Waals surface area contributed by atoms with Gasteiger partial charge in [0.25, 0.3) is 0 Å². The summed E-state index contributed by atoms with van der Waals surface area (Å²) < 4.78 is 22.7. The SMILES string of the molecule is C=C1C(O)CC(O)C2(C)C3OC3C(OC(C)=O)C(C)C2C(OC(C)=O)C2(O)C(C)C(=O)OC2C1Cl. The van der Waals surface area contributed by atoms with Gasteiger partial charge in [0, 0.05) is 37.5 Å². The van der Waals surface area contributed by atoms with Crippen molar-refractivity contribution in [2.75, 3.05) is 0 Å². The van der Waals surface area contributed by atoms with E-state index in [1.54, 1.807) is 13.8 Å². The van der Waals surface area contributed by atoms with Gasteiger partial charge in [-0.3, -0.25) is 14.4 Å². The Morgan fingerprint density at radius 3 is 2.31 bits per heavy atom. The molecule has 0 amide bonds. The minimum atomic E-state index is -2.16. The van der Waals surface area contributed by atoms with Crippen LogP contribution in [0.15, 0.2) is 12.2 Å². The summed E-state index contributed by atoms with van der Waals surface area (Å²) >= 11 is 6.60. The monoisotopic (exact) mass is 516 g/mol. The summed E-state index contributed by atoms with van der Waals surface area (Å²) in [6.45, 7) is 11.2. The quantitative estimate of drug-likeness (QED) is 0.155. The predicted octanol–water partition coefficient (Wildman–Crippen LogP) is 0.471. The number of halogens is 1. The molecular weight excluding hydrogens is 484 g/mol. The predicted molar refractivity (Wildman–Crippen MR) is 120 cm³/mol. The number of aliphatic hydroxyl groups is 3. The molecule has 2 heterocycles. The molecule has 196 valence electrons. The maximum Gasteiger partial charge on any atom is 0.312 e. The number of carbonyl (C=O) groups is 3. The van der Waals surface area contributed by atoms with Crippen LogP contribution in [0, 0.1) is 23.2 Å². The van der Waals surface area contributed by atoms with E-state index in [4.69, 9.17) is 30.5 Å². The molecule has 0 aromatic carbocycles. The van der Waals surface area contributed by atoms with Crippen LogP contribution in [0.2, 0.25) is 0 Å². The molecule has 4 rings (SSSR count). The van der Waals surface area contributed by atoms with Crippen LogP contribution in [0.25, 0.3) is 0 Å². The summed E-state index contributed by atoms with van der Waals surface area (Å²) in [6, 6.07) is 0. The molecule has 3 N–H and O–H groups in total. The van der Waals surface area contributed by atoms with Crippen molar-refractivity contribution < 1.29 is 48.7 Å². The molecule has 10 nitrogen and oxygen atoms in total. The lowest BCUT2D eigenvalue weighted by molar-refractivity contribution is -0.225. The maximum absolute atomic E-state index is 12.8. The molecule has 4 aliphatic rings. The van der Waals surface area contributed by atoms with Crippen molar-refractivity contribution in [3.8, 4) is 0 Å². The van der Waals surface area contributed by atoms with Gasteiger partial charge in [-0.1, -0.05) is 20.4 Å². The highest BCUT2D eigenvalue weighted by Gasteiger charge is 2.75. The highest BCUT2D eigenvalue weighted by atomic mass is 35.5. The Balaban J connectivity index is 1.95. The number of alkyl halides is 1. The zero-order valence-electron chi connectivity index (χ0n) is 20.3. The molecule has 4 fully saturated rings. The number of epoxide rings is 1. The van der Waals surface area contributed by atoms with E-state index in [1.165, 1.54) is 20.8 Å². The largest absolute Gasteiger partial charge is 0.459 e. The third-order valence-electron chi connectivity index (χ3n) is 8.60. The second-order valence-corrected chi connectivity index (χ2v) is 11.1. The molecule has 2 saturated carbocycles. The Kier molecular flexibility index (Phi) is 6.54. The number of carbonyl (C=O) groups excluding carboxylic acids is 3. The number of esters is 3. The first-order chi connectivity index (χ1) is 16.2. The van der Waals surface area contributed by atoms with Gasteiger partial charge >= 0.3 is 17.9 Å². The second-order valence-electron chi connectivity index (χ2n) is 10.6. The molecule has 0 radical (unpaired) electrons. The first-order valence-electron chi connectivity index (χ1n) is 11.8. The van der Waals surface area contributed by atoms with Crippen molar-refractivity contribution in [3.05, 3.63) is 12.2 Å². The molecule has 13 atom stereocenters. The molecular formula is C24H33ClO10. The Labute approximate surface area is 208 Å². The van der Waals surface area contributed by atoms with E-state index < -0.39 is 94.8 Å². The van der Waals surface area contributed by atoms with Crippen LogP contribution in [0.1, 0.15) is 41.0 Å². The third kappa shape index (κ3) is 3.80. The summed E-state index contributed by atoms with van der Waals surface area (Å²) in [4.78, 5) is 37.0. The fraction of sp³-hybridized carbons (Fsp3) is 0.792. The molecule has 13 unspecified atom stereocenters. The van der Waals surface area contributed by atoms with Crippen LogP contribution < -0.4 is 0 Å². The second kappa shape index (κ2) is 8.69. The number of ether oxygens (including phenoxy) is 4. The van der Waals surface area contributed by atoms with Crippen LogP contribution in [-0.2, 0) is 33.3 Å². The number of aliphatic hydroxyl groups excluding tert-OH is 2. The normalized spacial score (nSPS) is 51.3. The molecule has 2 aliphatic carbocycles. The minimum Gasteiger partial charge on any atom is -0.459 e. The average Bonchev–Trinajstić information content (AvgIpc) is 3.54. The van der Waals surface area contributed by atoms with Crippen LogP contribution >= 0.6 is 11.6 Å². The van der Waals surface area contributed by atoms with E-state index >= 15 is 0 Å². The zero-order valence-corrected chi connectivity index (χ0v) is 21.1. The van der Waals surface area contributed by atoms with Crippen LogP contribution in [0.3, 0.4) is 0 Å². The summed E-state index contributed by atoms with van der Waals surface area (Å²) in [5.41, 5.74) is -3.29. The van der Waals surface area contributed by atoms with Gasteiger partial charge in [0.2, 0.25) is 0 Å². The molecule has 0 bridgehead atoms. The average molecular weight is 517 g/mol. The van der Waals surface area contributed by atoms with E-state index in [0.717, 1.165) is 0 Å². The van der Waals surface area contributed by atoms with Crippen LogP contribution in [0.5, 0.6) is 0 Å². The molecule has 0 spiro atoms. The molecule has 11 heteroatoms. The topological polar surface area (TPSA) is 152 Å². The molecule has 0 aromatic heterocycles. The van der Waals surface area contributed by atoms with Crippen LogP contribution in [0.4, 0.5) is 0 Å². The fourth-order valence-electron chi connectivity index (χ4n) is 6.60. The smallest absolute Gasteiger partial charge is 0.312 e. The van der Waals surface area contributed by atoms with Crippen molar-refractivity contribution >= 4 is 29.5 Å². The lowest BCUT2D eigenvalue weighted by Crippen LogP contribution is -2.68. The molecule has 35 heavy (non-hydrogen) atoms. The first kappa shape index (κ1) is 26.3. The van der Waals surface area contributed by atoms with E-state index in [9.17, 15) is 29.7 Å². The van der Waals surface area contributed by atoms with Gasteiger partial charge in [-0.25, -0.2) is 0 Å². The lowest BCUT2D eigenvalue weighted by atomic mass is 9.53. The summed E-state index contributed by atoms with van der Waals surface area (Å²) in [5, 5.41) is 33.3. The Bertz CT molecular complexity index is 939. The van der Waals surface area contributed by atoms with Crippen LogP contribution in [-0.4, -0.2) is 86.9 Å². The highest BCUT2D eigenvalue weighted by Crippen LogP contribution is 2.61. The molecule has 0 aromatic rings. The summed E-state index contributed by atoms with van der Waals surface area (Å²) in [5.74, 6) is -4.71. The van der Waals surface area contributed by atoms with E-state index in [1.807, 2.05) is 0 Å². The summed E-state index contributed by atoms with van der Waals surface area (Å²) in [7, 11) is 0. The maximum atomic E-state index is 12.8. The lowest BCUT2D eigenvalue weighted by Gasteiger charge is -2.55. The highest BCUT2D eigenvalue weighted by molar-refractivity contribution is 6.23. The molecule has 2 aliphatic heterocycles. The minimum absolute atomic E-state index is 0.0505. The zero-order chi connectivity index (χ0) is 26.2. The van der Waals surface area contributed by atoms with Crippen molar-refractivity contribution in [1.29, 1.82) is 0 Å². The van der Waals surface area contributed by atoms with Crippen molar-refractivity contribution in [2.45, 2.75) is 94.7 Å². The number of fused-ring (bicyclic) bond motifs is 4. The van der Waals surface area contributed by atoms with Gasteiger partial charge in [0.1, 0.15) is 18.3 Å². The van der Waals surface area contributed by atoms with Gasteiger partial charge in [0.15, 0.2) is 11.7 Å². The fourth-order valence-corrected chi connectivity index (χ4v) is 7.00. The Hall–Kier alpha value is -1.72. The van der Waals surface area contributed by atoms with Gasteiger partial charge in [-0.05, 0) is 12.5 Å². The van der Waals surface area contributed by atoms with Crippen molar-refractivity contribution in [3.63, 3.8) is 0 Å². The number of hydrogen-bond donors (Lipinski definition) is 3. The van der Waals surface area contributed by atoms with E-state index in [0.29, 0.717) is 0 Å². The summed E-state index contributed by atoms with van der Waals surface area (Å²) in [6.07, 6.45) is -7.42. The Morgan fingerprint density at radius 2 is 1.74 bits per heavy atom. The van der Waals surface area contributed by atoms with Crippen molar-refractivity contribution in [1.82, 2.24) is 0 Å². The third-order valence-corrected chi connectivity index (χ3v) is 9.11. The first-order valence-corrected chi connectivity index (χ1v) is 12.2. The van der Waals surface area contributed by atoms with E-state index in [2.05, 4.69) is 6.58 Å². The van der Waals surface area contributed by atoms with Gasteiger partial charge in [0.05, 0.1) is 29.6 Å². The van der Waals surface area contributed by atoms with E-state index in [-0.39, 0.29) is 12.0 Å². The number of hydrogen-bond acceptors (Lipinski definition) is 10. The molecule has 2 saturated heterocycles. The Morgan fingerprint density at radius 1 is 1.14 bits per heavy atom. The standard InChI is InChI=1S/C24H33ClO10/c1-8-13(28)7-14(29)23(6)15(9(2)17(32-11(4)26)18-21(23)34-18)19(33-12(5)27)24(31)10(3)22(30)35-20(24)16(8)25/h9-10,13-21,28-29,31H,1,7H2,2-6H3. The van der Waals surface area contributed by atoms with Gasteiger partial charge in [-0.15, -0.1) is 11.6 Å². The van der Waals surface area contributed by atoms with Gasteiger partial charge in [-0.2, -0.15) is 0 Å².